The van der Waals surface area contributed by atoms with E-state index in [1.807, 2.05) is 0 Å². The largest absolute Gasteiger partial charge is 0.314 e. The summed E-state index contributed by atoms with van der Waals surface area (Å²) in [4.78, 5) is 2.46. The molecule has 2 fully saturated rings. The molecule has 0 aromatic heterocycles. The maximum absolute atomic E-state index is 3.72. The molecule has 0 spiro atoms. The highest BCUT2D eigenvalue weighted by Gasteiger charge is 2.22. The lowest BCUT2D eigenvalue weighted by molar-refractivity contribution is 0.343. The second-order valence-electron chi connectivity index (χ2n) is 4.78. The van der Waals surface area contributed by atoms with Gasteiger partial charge in [0.05, 0.1) is 0 Å². The molecule has 76 valence electrons. The molecule has 1 unspecified atom stereocenters. The fourth-order valence-electron chi connectivity index (χ4n) is 2.10. The Balaban J connectivity index is 1.65. The van der Waals surface area contributed by atoms with E-state index < -0.39 is 0 Å². The Labute approximate surface area is 81.7 Å². The summed E-state index contributed by atoms with van der Waals surface area (Å²) >= 11 is 0. The first-order valence-corrected chi connectivity index (χ1v) is 5.76. The first kappa shape index (κ1) is 9.47. The van der Waals surface area contributed by atoms with Gasteiger partial charge in [-0.3, -0.25) is 0 Å². The minimum Gasteiger partial charge on any atom is -0.314 e. The van der Waals surface area contributed by atoms with Crippen LogP contribution in [0.15, 0.2) is 0 Å². The van der Waals surface area contributed by atoms with Crippen LogP contribution in [0.3, 0.4) is 0 Å². The zero-order valence-corrected chi connectivity index (χ0v) is 8.76. The van der Waals surface area contributed by atoms with Crippen molar-refractivity contribution in [1.82, 2.24) is 10.2 Å². The first-order chi connectivity index (χ1) is 6.34. The van der Waals surface area contributed by atoms with Crippen LogP contribution in [0.5, 0.6) is 0 Å². The van der Waals surface area contributed by atoms with Gasteiger partial charge in [-0.15, -0.1) is 0 Å². The number of nitrogens with one attached hydrogen (secondary N) is 1. The smallest absolute Gasteiger partial charge is 0.00798 e. The summed E-state index contributed by atoms with van der Waals surface area (Å²) in [7, 11) is 2.24. The third-order valence-electron chi connectivity index (χ3n) is 3.34. The normalized spacial score (nSPS) is 31.6. The van der Waals surface area contributed by atoms with Crippen LogP contribution in [-0.2, 0) is 0 Å². The number of nitrogens with zero attached hydrogens (tertiary/aromatic N) is 1. The molecular formula is C11H22N2. The molecule has 0 radical (unpaired) electrons. The van der Waals surface area contributed by atoms with Crippen LogP contribution in [0.1, 0.15) is 32.1 Å². The summed E-state index contributed by atoms with van der Waals surface area (Å²) in [6, 6.07) is 0.811. The average molecular weight is 182 g/mol. The maximum atomic E-state index is 3.72. The van der Waals surface area contributed by atoms with E-state index in [0.717, 1.165) is 12.0 Å². The van der Waals surface area contributed by atoms with Crippen LogP contribution >= 0.6 is 0 Å². The number of hydrogen-bond donors (Lipinski definition) is 1. The topological polar surface area (TPSA) is 15.3 Å². The van der Waals surface area contributed by atoms with E-state index in [0.29, 0.717) is 0 Å². The molecule has 0 amide bonds. The molecular weight excluding hydrogens is 160 g/mol. The molecule has 2 nitrogen and oxygen atoms in total. The third-order valence-corrected chi connectivity index (χ3v) is 3.34. The molecule has 1 saturated carbocycles. The van der Waals surface area contributed by atoms with Crippen LogP contribution in [-0.4, -0.2) is 37.6 Å². The summed E-state index contributed by atoms with van der Waals surface area (Å²) in [5, 5.41) is 3.72. The number of rotatable bonds is 3. The van der Waals surface area contributed by atoms with Crippen molar-refractivity contribution in [2.75, 3.05) is 26.7 Å². The van der Waals surface area contributed by atoms with Crippen molar-refractivity contribution in [3.05, 3.63) is 0 Å². The zero-order valence-electron chi connectivity index (χ0n) is 8.76. The van der Waals surface area contributed by atoms with Crippen molar-refractivity contribution in [1.29, 1.82) is 0 Å². The number of hydrogen-bond acceptors (Lipinski definition) is 2. The monoisotopic (exact) mass is 182 g/mol. The SMILES string of the molecule is CN1CCCC(NCC2CC2)CC1. The summed E-state index contributed by atoms with van der Waals surface area (Å²) in [6.45, 7) is 3.86. The molecule has 13 heavy (non-hydrogen) atoms. The minimum absolute atomic E-state index is 0.811. The molecule has 2 aliphatic rings. The van der Waals surface area contributed by atoms with Gasteiger partial charge in [0.2, 0.25) is 0 Å². The van der Waals surface area contributed by atoms with Crippen molar-refractivity contribution in [2.24, 2.45) is 5.92 Å². The highest BCUT2D eigenvalue weighted by atomic mass is 15.1. The van der Waals surface area contributed by atoms with E-state index in [1.54, 1.807) is 0 Å². The van der Waals surface area contributed by atoms with Gasteiger partial charge >= 0.3 is 0 Å². The Morgan fingerprint density at radius 3 is 2.77 bits per heavy atom. The molecule has 0 aromatic rings. The average Bonchev–Trinajstić information content (AvgIpc) is 2.90. The van der Waals surface area contributed by atoms with Gasteiger partial charge in [0, 0.05) is 6.04 Å². The van der Waals surface area contributed by atoms with E-state index in [2.05, 4.69) is 17.3 Å². The third kappa shape index (κ3) is 3.28. The van der Waals surface area contributed by atoms with Gasteiger partial charge in [0.25, 0.3) is 0 Å². The van der Waals surface area contributed by atoms with Crippen LogP contribution in [0.25, 0.3) is 0 Å². The molecule has 1 N–H and O–H groups in total. The Kier molecular flexibility index (Phi) is 3.23. The fraction of sp³-hybridized carbons (Fsp3) is 1.00. The first-order valence-electron chi connectivity index (χ1n) is 5.76. The van der Waals surface area contributed by atoms with E-state index >= 15 is 0 Å². The van der Waals surface area contributed by atoms with E-state index in [-0.39, 0.29) is 0 Å². The van der Waals surface area contributed by atoms with Gasteiger partial charge in [-0.25, -0.2) is 0 Å². The van der Waals surface area contributed by atoms with Crippen LogP contribution in [0, 0.1) is 5.92 Å². The highest BCUT2D eigenvalue weighted by molar-refractivity contribution is 4.79. The van der Waals surface area contributed by atoms with E-state index in [1.165, 1.54) is 51.7 Å². The lowest BCUT2D eigenvalue weighted by Crippen LogP contribution is -2.31. The summed E-state index contributed by atoms with van der Waals surface area (Å²) < 4.78 is 0. The predicted octanol–water partition coefficient (Wildman–Crippen LogP) is 1.47. The van der Waals surface area contributed by atoms with Gasteiger partial charge in [0.15, 0.2) is 0 Å². The minimum atomic E-state index is 0.811. The van der Waals surface area contributed by atoms with E-state index in [9.17, 15) is 0 Å². The Morgan fingerprint density at radius 2 is 2.00 bits per heavy atom. The van der Waals surface area contributed by atoms with Crippen molar-refractivity contribution in [3.63, 3.8) is 0 Å². The highest BCUT2D eigenvalue weighted by Crippen LogP contribution is 2.28. The van der Waals surface area contributed by atoms with Crippen molar-refractivity contribution >= 4 is 0 Å². The zero-order chi connectivity index (χ0) is 9.10. The summed E-state index contributed by atoms with van der Waals surface area (Å²) in [6.07, 6.45) is 7.05. The van der Waals surface area contributed by atoms with Gasteiger partial charge in [-0.2, -0.15) is 0 Å². The number of likely N-dealkylation sites (tertiary alicyclic amines) is 1. The van der Waals surface area contributed by atoms with E-state index in [4.69, 9.17) is 0 Å². The lowest BCUT2D eigenvalue weighted by Gasteiger charge is -2.16. The molecule has 1 atom stereocenters. The maximum Gasteiger partial charge on any atom is 0.00798 e. The van der Waals surface area contributed by atoms with Crippen molar-refractivity contribution in [3.8, 4) is 0 Å². The molecule has 1 aliphatic carbocycles. The molecule has 1 aliphatic heterocycles. The van der Waals surface area contributed by atoms with Crippen molar-refractivity contribution in [2.45, 2.75) is 38.1 Å². The molecule has 1 saturated heterocycles. The van der Waals surface area contributed by atoms with Gasteiger partial charge in [-0.1, -0.05) is 0 Å². The molecule has 0 bridgehead atoms. The van der Waals surface area contributed by atoms with Gasteiger partial charge in [0.1, 0.15) is 0 Å². The Morgan fingerprint density at radius 1 is 1.15 bits per heavy atom. The van der Waals surface area contributed by atoms with Crippen molar-refractivity contribution < 1.29 is 0 Å². The van der Waals surface area contributed by atoms with Crippen LogP contribution in [0.2, 0.25) is 0 Å². The molecule has 1 heterocycles. The summed E-state index contributed by atoms with van der Waals surface area (Å²) in [5.41, 5.74) is 0. The second kappa shape index (κ2) is 4.43. The molecule has 2 rings (SSSR count). The summed E-state index contributed by atoms with van der Waals surface area (Å²) in [5.74, 6) is 1.03. The quantitative estimate of drug-likeness (QED) is 0.711. The Bertz CT molecular complexity index is 154. The molecule has 2 heteroatoms. The standard InChI is InChI=1S/C11H22N2/c1-13-7-2-3-11(6-8-13)12-9-10-4-5-10/h10-12H,2-9H2,1H3. The second-order valence-corrected chi connectivity index (χ2v) is 4.78. The van der Waals surface area contributed by atoms with Crippen LogP contribution in [0.4, 0.5) is 0 Å². The Hall–Kier alpha value is -0.0800. The van der Waals surface area contributed by atoms with Gasteiger partial charge in [-0.05, 0) is 64.7 Å². The van der Waals surface area contributed by atoms with Crippen LogP contribution < -0.4 is 5.32 Å². The molecule has 0 aromatic carbocycles. The lowest BCUT2D eigenvalue weighted by atomic mass is 10.1. The predicted molar refractivity (Wildman–Crippen MR) is 55.9 cm³/mol. The van der Waals surface area contributed by atoms with Gasteiger partial charge < -0.3 is 10.2 Å². The fourth-order valence-corrected chi connectivity index (χ4v) is 2.10.